The Kier molecular flexibility index (Phi) is 9.03. The topological polar surface area (TPSA) is 88.4 Å². The van der Waals surface area contributed by atoms with Crippen molar-refractivity contribution in [2.24, 2.45) is 4.99 Å². The summed E-state index contributed by atoms with van der Waals surface area (Å²) in [5.41, 5.74) is 3.04. The second-order valence-corrected chi connectivity index (χ2v) is 11.6. The van der Waals surface area contributed by atoms with Crippen LogP contribution in [0.15, 0.2) is 106 Å². The molecule has 6 rings (SSSR count). The van der Waals surface area contributed by atoms with Crippen LogP contribution in [0, 0.1) is 0 Å². The Hall–Kier alpha value is -5.15. The molecule has 0 bridgehead atoms. The molecule has 0 unspecified atom stereocenters. The minimum atomic E-state index is -0.820. The van der Waals surface area contributed by atoms with E-state index in [9.17, 15) is 9.59 Å². The van der Waals surface area contributed by atoms with Crippen molar-refractivity contribution in [3.63, 3.8) is 0 Å². The predicted octanol–water partition coefficient (Wildman–Crippen LogP) is 5.94. The van der Waals surface area contributed by atoms with Gasteiger partial charge in [-0.15, -0.1) is 0 Å². The van der Waals surface area contributed by atoms with Crippen LogP contribution in [0.3, 0.4) is 0 Å². The van der Waals surface area contributed by atoms with Crippen LogP contribution in [0.4, 0.5) is 0 Å². The summed E-state index contributed by atoms with van der Waals surface area (Å²) in [5.74, 6) is 1.15. The van der Waals surface area contributed by atoms with Crippen molar-refractivity contribution < 1.29 is 23.7 Å². The number of nitrogens with zero attached hydrogens (tertiary/aromatic N) is 2. The number of aromatic nitrogens is 1. The Morgan fingerprint density at radius 1 is 0.935 bits per heavy atom. The third kappa shape index (κ3) is 5.93. The van der Waals surface area contributed by atoms with Crippen LogP contribution in [0.5, 0.6) is 17.2 Å². The van der Waals surface area contributed by atoms with Crippen LogP contribution in [-0.4, -0.2) is 30.9 Å². The molecule has 0 saturated carbocycles. The minimum Gasteiger partial charge on any atom is -0.493 e. The number of hydrogen-bond acceptors (Lipinski definition) is 8. The number of carbonyl (C=O) groups excluding carboxylic acids is 1. The number of methoxy groups -OCH3 is 1. The van der Waals surface area contributed by atoms with Gasteiger partial charge in [-0.1, -0.05) is 78.1 Å². The second-order valence-electron chi connectivity index (χ2n) is 10.6. The second kappa shape index (κ2) is 13.5. The normalized spacial score (nSPS) is 14.5. The van der Waals surface area contributed by atoms with Crippen molar-refractivity contribution in [3.05, 3.63) is 133 Å². The first-order chi connectivity index (χ1) is 22.4. The molecular formula is C37H34N2O6S. The number of para-hydroxylation sites is 1. The van der Waals surface area contributed by atoms with Gasteiger partial charge >= 0.3 is 5.97 Å². The number of hydrogen-bond donors (Lipinski definition) is 0. The molecule has 8 nitrogen and oxygen atoms in total. The first-order valence-corrected chi connectivity index (χ1v) is 15.9. The maximum absolute atomic E-state index is 14.1. The number of thiazole rings is 1. The lowest BCUT2D eigenvalue weighted by Crippen LogP contribution is -2.40. The fourth-order valence-electron chi connectivity index (χ4n) is 5.68. The summed E-state index contributed by atoms with van der Waals surface area (Å²) in [4.78, 5) is 32.6. The SMILES string of the molecule is CCOC(=O)C1=C(C)N=c2s/c(=C/c3ccc(OCc4cccc5ccccc45)cc3)c(=O)n2[C@@H]1c1cccc(OC)c1OCC. The van der Waals surface area contributed by atoms with E-state index in [0.717, 1.165) is 16.9 Å². The van der Waals surface area contributed by atoms with E-state index in [-0.39, 0.29) is 17.7 Å². The number of carbonyl (C=O) groups is 1. The molecular weight excluding hydrogens is 600 g/mol. The highest BCUT2D eigenvalue weighted by Gasteiger charge is 2.36. The van der Waals surface area contributed by atoms with Gasteiger partial charge in [0.1, 0.15) is 18.4 Å². The van der Waals surface area contributed by atoms with Crippen molar-refractivity contribution in [3.8, 4) is 17.2 Å². The quantitative estimate of drug-likeness (QED) is 0.177. The zero-order chi connectivity index (χ0) is 32.2. The Balaban J connectivity index is 1.36. The molecule has 0 radical (unpaired) electrons. The van der Waals surface area contributed by atoms with Crippen molar-refractivity contribution in [2.45, 2.75) is 33.4 Å². The summed E-state index contributed by atoms with van der Waals surface area (Å²) in [7, 11) is 1.56. The first-order valence-electron chi connectivity index (χ1n) is 15.1. The van der Waals surface area contributed by atoms with Gasteiger partial charge in [0, 0.05) is 5.56 Å². The summed E-state index contributed by atoms with van der Waals surface area (Å²) in [6, 6.07) is 26.7. The first kappa shape index (κ1) is 30.9. The van der Waals surface area contributed by atoms with Crippen molar-refractivity contribution in [2.75, 3.05) is 20.3 Å². The molecule has 0 spiro atoms. The van der Waals surface area contributed by atoms with Crippen molar-refractivity contribution >= 4 is 34.2 Å². The van der Waals surface area contributed by atoms with E-state index in [1.54, 1.807) is 31.6 Å². The summed E-state index contributed by atoms with van der Waals surface area (Å²) >= 11 is 1.27. The molecule has 46 heavy (non-hydrogen) atoms. The van der Waals surface area contributed by atoms with Gasteiger partial charge in [0.25, 0.3) is 5.56 Å². The Morgan fingerprint density at radius 2 is 1.70 bits per heavy atom. The lowest BCUT2D eigenvalue weighted by atomic mass is 9.94. The molecule has 5 aromatic rings. The van der Waals surface area contributed by atoms with Crippen LogP contribution < -0.4 is 29.1 Å². The van der Waals surface area contributed by atoms with Crippen LogP contribution in [0.2, 0.25) is 0 Å². The highest BCUT2D eigenvalue weighted by molar-refractivity contribution is 7.07. The van der Waals surface area contributed by atoms with Gasteiger partial charge in [0.15, 0.2) is 16.3 Å². The van der Waals surface area contributed by atoms with E-state index in [1.165, 1.54) is 22.1 Å². The minimum absolute atomic E-state index is 0.185. The van der Waals surface area contributed by atoms with Crippen LogP contribution in [0.1, 0.15) is 43.5 Å². The van der Waals surface area contributed by atoms with Crippen molar-refractivity contribution in [1.29, 1.82) is 0 Å². The van der Waals surface area contributed by atoms with E-state index in [1.807, 2.05) is 67.6 Å². The molecule has 1 aliphatic rings. The van der Waals surface area contributed by atoms with E-state index in [0.29, 0.717) is 45.3 Å². The summed E-state index contributed by atoms with van der Waals surface area (Å²) in [5, 5.41) is 2.34. The maximum atomic E-state index is 14.1. The maximum Gasteiger partial charge on any atom is 0.338 e. The fourth-order valence-corrected chi connectivity index (χ4v) is 6.73. The average Bonchev–Trinajstić information content (AvgIpc) is 3.37. The number of esters is 1. The van der Waals surface area contributed by atoms with Gasteiger partial charge in [0.2, 0.25) is 0 Å². The summed E-state index contributed by atoms with van der Waals surface area (Å²) < 4.78 is 25.2. The zero-order valence-electron chi connectivity index (χ0n) is 26.1. The van der Waals surface area contributed by atoms with Gasteiger partial charge in [-0.25, -0.2) is 9.79 Å². The number of rotatable bonds is 10. The average molecular weight is 635 g/mol. The van der Waals surface area contributed by atoms with Gasteiger partial charge in [-0.3, -0.25) is 9.36 Å². The molecule has 0 N–H and O–H groups in total. The molecule has 1 aliphatic heterocycles. The molecule has 0 fully saturated rings. The summed E-state index contributed by atoms with van der Waals surface area (Å²) in [6.45, 7) is 6.37. The van der Waals surface area contributed by atoms with E-state index in [4.69, 9.17) is 18.9 Å². The highest BCUT2D eigenvalue weighted by Crippen LogP contribution is 2.40. The Bertz CT molecular complexity index is 2120. The smallest absolute Gasteiger partial charge is 0.338 e. The van der Waals surface area contributed by atoms with Crippen molar-refractivity contribution in [1.82, 2.24) is 4.57 Å². The van der Waals surface area contributed by atoms with E-state index < -0.39 is 12.0 Å². The molecule has 0 saturated heterocycles. The molecule has 0 amide bonds. The third-order valence-corrected chi connectivity index (χ3v) is 8.76. The standard InChI is InChI=1S/C37H34N2O6S/c1-5-43-34-29(15-10-16-30(34)42-4)33-32(36(41)44-6-2)23(3)38-37-39(33)35(40)31(46-37)21-24-17-19-27(20-18-24)45-22-26-13-9-12-25-11-7-8-14-28(25)26/h7-21,33H,5-6,22H2,1-4H3/b31-21+/t33-/m1/s1. The third-order valence-electron chi connectivity index (χ3n) is 7.78. The predicted molar refractivity (Wildman–Crippen MR) is 179 cm³/mol. The van der Waals surface area contributed by atoms with Crippen LogP contribution in [-0.2, 0) is 16.1 Å². The Labute approximate surface area is 270 Å². The van der Waals surface area contributed by atoms with Gasteiger partial charge in [-0.05, 0) is 66.9 Å². The molecule has 234 valence electrons. The van der Waals surface area contributed by atoms with Crippen LogP contribution >= 0.6 is 11.3 Å². The van der Waals surface area contributed by atoms with Crippen LogP contribution in [0.25, 0.3) is 16.8 Å². The molecule has 2 heterocycles. The lowest BCUT2D eigenvalue weighted by molar-refractivity contribution is -0.139. The summed E-state index contributed by atoms with van der Waals surface area (Å²) in [6.07, 6.45) is 1.83. The van der Waals surface area contributed by atoms with Gasteiger partial charge in [-0.2, -0.15) is 0 Å². The molecule has 4 aromatic carbocycles. The largest absolute Gasteiger partial charge is 0.493 e. The van der Waals surface area contributed by atoms with E-state index >= 15 is 0 Å². The molecule has 1 atom stereocenters. The van der Waals surface area contributed by atoms with Gasteiger partial charge < -0.3 is 18.9 Å². The number of benzene rings is 4. The number of allylic oxidation sites excluding steroid dienone is 1. The monoisotopic (exact) mass is 634 g/mol. The molecule has 9 heteroatoms. The number of fused-ring (bicyclic) bond motifs is 2. The number of ether oxygens (including phenoxy) is 4. The zero-order valence-corrected chi connectivity index (χ0v) is 26.9. The lowest BCUT2D eigenvalue weighted by Gasteiger charge is -2.26. The van der Waals surface area contributed by atoms with E-state index in [2.05, 4.69) is 29.3 Å². The van der Waals surface area contributed by atoms with Gasteiger partial charge in [0.05, 0.1) is 36.1 Å². The molecule has 0 aliphatic carbocycles. The molecule has 1 aromatic heterocycles. The fraction of sp³-hybridized carbons (Fsp3) is 0.216. The highest BCUT2D eigenvalue weighted by atomic mass is 32.1. The Morgan fingerprint density at radius 3 is 2.46 bits per heavy atom.